The fourth-order valence-corrected chi connectivity index (χ4v) is 4.48. The highest BCUT2D eigenvalue weighted by Gasteiger charge is 2.24. The second-order valence-electron chi connectivity index (χ2n) is 7.63. The lowest BCUT2D eigenvalue weighted by Crippen LogP contribution is -2.49. The van der Waals surface area contributed by atoms with Crippen molar-refractivity contribution < 1.29 is 9.32 Å². The minimum Gasteiger partial charge on any atom is -0.339 e. The van der Waals surface area contributed by atoms with Crippen molar-refractivity contribution in [1.82, 2.24) is 29.3 Å². The molecule has 4 aromatic heterocycles. The fourth-order valence-electron chi connectivity index (χ4n) is 3.83. The first-order chi connectivity index (χ1) is 15.7. The number of thiophene rings is 1. The molecule has 9 nitrogen and oxygen atoms in total. The number of rotatable bonds is 6. The summed E-state index contributed by atoms with van der Waals surface area (Å²) in [4.78, 5) is 39.3. The number of hydrogen-bond acceptors (Lipinski definition) is 8. The lowest BCUT2D eigenvalue weighted by Gasteiger charge is -2.34. The minimum atomic E-state index is -0.329. The van der Waals surface area contributed by atoms with Crippen LogP contribution >= 0.6 is 11.3 Å². The van der Waals surface area contributed by atoms with Crippen molar-refractivity contribution in [2.75, 3.05) is 32.7 Å². The second-order valence-corrected chi connectivity index (χ2v) is 8.58. The average Bonchev–Trinajstić information content (AvgIpc) is 3.52. The number of carbonyl (C=O) groups excluding carboxylic acids is 1. The zero-order chi connectivity index (χ0) is 21.9. The lowest BCUT2D eigenvalue weighted by atomic mass is 10.2. The number of amides is 1. The molecule has 1 amide bonds. The molecule has 1 aliphatic heterocycles. The molecular formula is C22H22N6O3S. The Labute approximate surface area is 187 Å². The van der Waals surface area contributed by atoms with E-state index < -0.39 is 0 Å². The van der Waals surface area contributed by atoms with E-state index >= 15 is 0 Å². The third-order valence-electron chi connectivity index (χ3n) is 5.58. The number of fused-ring (bicyclic) bond motifs is 1. The molecule has 1 fully saturated rings. The quantitative estimate of drug-likeness (QED) is 0.444. The maximum Gasteiger partial charge on any atom is 0.270 e. The van der Waals surface area contributed by atoms with Gasteiger partial charge in [0.25, 0.3) is 11.5 Å². The van der Waals surface area contributed by atoms with Crippen LogP contribution in [0.15, 0.2) is 57.4 Å². The third kappa shape index (κ3) is 4.19. The van der Waals surface area contributed by atoms with Gasteiger partial charge in [0, 0.05) is 45.0 Å². The summed E-state index contributed by atoms with van der Waals surface area (Å²) in [7, 11) is 0. The lowest BCUT2D eigenvalue weighted by molar-refractivity contribution is 0.0633. The smallest absolute Gasteiger partial charge is 0.270 e. The van der Waals surface area contributed by atoms with Crippen LogP contribution in [-0.2, 0) is 6.42 Å². The van der Waals surface area contributed by atoms with Gasteiger partial charge < -0.3 is 9.42 Å². The predicted octanol–water partition coefficient (Wildman–Crippen LogP) is 2.20. The number of piperazine rings is 1. The highest BCUT2D eigenvalue weighted by Crippen LogP contribution is 2.21. The van der Waals surface area contributed by atoms with Gasteiger partial charge in [0.05, 0.1) is 4.88 Å². The molecule has 0 N–H and O–H groups in total. The summed E-state index contributed by atoms with van der Waals surface area (Å²) in [5, 5.41) is 6.03. The summed E-state index contributed by atoms with van der Waals surface area (Å²) in [5.41, 5.74) is 0.312. The van der Waals surface area contributed by atoms with Gasteiger partial charge in [0.15, 0.2) is 0 Å². The van der Waals surface area contributed by atoms with Crippen LogP contribution in [0.4, 0.5) is 0 Å². The normalized spacial score (nSPS) is 14.8. The first-order valence-corrected chi connectivity index (χ1v) is 11.4. The molecule has 4 aromatic rings. The van der Waals surface area contributed by atoms with Crippen LogP contribution in [0.25, 0.3) is 16.3 Å². The Morgan fingerprint density at radius 2 is 2.00 bits per heavy atom. The van der Waals surface area contributed by atoms with Crippen LogP contribution in [0.2, 0.25) is 0 Å². The fraction of sp³-hybridized carbons (Fsp3) is 0.318. The molecule has 0 aliphatic carbocycles. The number of carbonyl (C=O) groups is 1. The predicted molar refractivity (Wildman–Crippen MR) is 120 cm³/mol. The number of pyridine rings is 1. The Hall–Kier alpha value is -3.37. The first kappa shape index (κ1) is 20.5. The van der Waals surface area contributed by atoms with Crippen LogP contribution in [0, 0.1) is 0 Å². The van der Waals surface area contributed by atoms with E-state index in [2.05, 4.69) is 20.0 Å². The van der Waals surface area contributed by atoms with Gasteiger partial charge in [0.2, 0.25) is 11.7 Å². The number of aryl methyl sites for hydroxylation is 1. The molecule has 32 heavy (non-hydrogen) atoms. The van der Waals surface area contributed by atoms with E-state index in [4.69, 9.17) is 4.52 Å². The van der Waals surface area contributed by atoms with E-state index in [0.717, 1.165) is 37.4 Å². The molecule has 5 heterocycles. The largest absolute Gasteiger partial charge is 0.339 e. The van der Waals surface area contributed by atoms with Crippen molar-refractivity contribution in [3.05, 3.63) is 69.9 Å². The van der Waals surface area contributed by atoms with E-state index in [1.54, 1.807) is 34.6 Å². The topological polar surface area (TPSA) is 96.8 Å². The van der Waals surface area contributed by atoms with E-state index in [-0.39, 0.29) is 17.0 Å². The molecule has 1 aliphatic rings. The van der Waals surface area contributed by atoms with Gasteiger partial charge in [-0.2, -0.15) is 4.98 Å². The standard InChI is InChI=1S/C22H22N6O3S/c29-21(16-15-23-18-6-1-2-9-28(18)22(16)30)27-12-10-26(11-13-27)8-3-7-19-24-20(25-31-19)17-5-4-14-32-17/h1-2,4-6,9,14-15H,3,7-8,10-13H2. The molecule has 164 valence electrons. The molecule has 0 saturated carbocycles. The zero-order valence-corrected chi connectivity index (χ0v) is 18.2. The maximum atomic E-state index is 12.9. The second kappa shape index (κ2) is 9.01. The van der Waals surface area contributed by atoms with Gasteiger partial charge in [-0.1, -0.05) is 17.3 Å². The Morgan fingerprint density at radius 3 is 2.81 bits per heavy atom. The van der Waals surface area contributed by atoms with Crippen LogP contribution < -0.4 is 5.56 Å². The van der Waals surface area contributed by atoms with Crippen molar-refractivity contribution in [1.29, 1.82) is 0 Å². The molecule has 0 unspecified atom stereocenters. The molecule has 1 saturated heterocycles. The molecule has 0 radical (unpaired) electrons. The number of nitrogens with zero attached hydrogens (tertiary/aromatic N) is 6. The monoisotopic (exact) mass is 450 g/mol. The van der Waals surface area contributed by atoms with Crippen molar-refractivity contribution >= 4 is 22.9 Å². The van der Waals surface area contributed by atoms with Crippen molar-refractivity contribution in [2.45, 2.75) is 12.8 Å². The molecule has 5 rings (SSSR count). The van der Waals surface area contributed by atoms with Gasteiger partial charge in [0.1, 0.15) is 11.2 Å². The third-order valence-corrected chi connectivity index (χ3v) is 6.44. The van der Waals surface area contributed by atoms with Gasteiger partial charge in [-0.05, 0) is 36.5 Å². The van der Waals surface area contributed by atoms with E-state index in [0.29, 0.717) is 30.5 Å². The highest BCUT2D eigenvalue weighted by molar-refractivity contribution is 7.13. The summed E-state index contributed by atoms with van der Waals surface area (Å²) in [5.74, 6) is 1.03. The summed E-state index contributed by atoms with van der Waals surface area (Å²) >= 11 is 1.59. The average molecular weight is 451 g/mol. The summed E-state index contributed by atoms with van der Waals surface area (Å²) < 4.78 is 6.76. The Morgan fingerprint density at radius 1 is 1.12 bits per heavy atom. The summed E-state index contributed by atoms with van der Waals surface area (Å²) in [6.07, 6.45) is 4.64. The van der Waals surface area contributed by atoms with Crippen molar-refractivity contribution in [3.63, 3.8) is 0 Å². The number of hydrogen-bond donors (Lipinski definition) is 0. The van der Waals surface area contributed by atoms with Crippen molar-refractivity contribution in [2.24, 2.45) is 0 Å². The van der Waals surface area contributed by atoms with E-state index in [1.807, 2.05) is 23.6 Å². The molecule has 0 atom stereocenters. The molecule has 10 heteroatoms. The van der Waals surface area contributed by atoms with Crippen LogP contribution in [0.1, 0.15) is 22.7 Å². The Bertz CT molecular complexity index is 1270. The minimum absolute atomic E-state index is 0.111. The van der Waals surface area contributed by atoms with Crippen LogP contribution in [-0.4, -0.2) is 68.0 Å². The summed E-state index contributed by atoms with van der Waals surface area (Å²) in [6, 6.07) is 9.24. The Kier molecular flexibility index (Phi) is 5.78. The van der Waals surface area contributed by atoms with Crippen LogP contribution in [0.3, 0.4) is 0 Å². The van der Waals surface area contributed by atoms with Crippen LogP contribution in [0.5, 0.6) is 0 Å². The zero-order valence-electron chi connectivity index (χ0n) is 17.4. The maximum absolute atomic E-state index is 12.9. The van der Waals surface area contributed by atoms with Gasteiger partial charge in [-0.3, -0.25) is 18.9 Å². The number of aromatic nitrogens is 4. The van der Waals surface area contributed by atoms with Gasteiger partial charge in [-0.15, -0.1) is 11.3 Å². The van der Waals surface area contributed by atoms with E-state index in [1.165, 1.54) is 10.6 Å². The highest BCUT2D eigenvalue weighted by atomic mass is 32.1. The molecule has 0 bridgehead atoms. The van der Waals surface area contributed by atoms with Crippen molar-refractivity contribution in [3.8, 4) is 10.7 Å². The Balaban J connectivity index is 1.12. The molecule has 0 spiro atoms. The van der Waals surface area contributed by atoms with Gasteiger partial charge >= 0.3 is 0 Å². The first-order valence-electron chi connectivity index (χ1n) is 10.5. The molecule has 0 aromatic carbocycles. The van der Waals surface area contributed by atoms with Gasteiger partial charge in [-0.25, -0.2) is 4.98 Å². The molecular weight excluding hydrogens is 428 g/mol. The van der Waals surface area contributed by atoms with E-state index in [9.17, 15) is 9.59 Å². The SMILES string of the molecule is O=C(c1cnc2ccccn2c1=O)N1CCN(CCCc2nc(-c3cccs3)no2)CC1. The summed E-state index contributed by atoms with van der Waals surface area (Å²) in [6.45, 7) is 3.58.